The van der Waals surface area contributed by atoms with Crippen molar-refractivity contribution in [2.75, 3.05) is 5.73 Å². The third-order valence-corrected chi connectivity index (χ3v) is 3.19. The first-order valence-electron chi connectivity index (χ1n) is 3.68. The molecule has 1 heterocycles. The third kappa shape index (κ3) is 1.58. The fraction of sp³-hybridized carbons (Fsp3) is 0. The van der Waals surface area contributed by atoms with Gasteiger partial charge in [-0.2, -0.15) is 0 Å². The molecule has 4 heteroatoms. The molecule has 2 rings (SSSR count). The van der Waals surface area contributed by atoms with Crippen LogP contribution in [0.5, 0.6) is 0 Å². The number of nitrogens with two attached hydrogens (primary N) is 1. The van der Waals surface area contributed by atoms with E-state index >= 15 is 0 Å². The normalized spacial score (nSPS) is 10.6. The van der Waals surface area contributed by atoms with E-state index in [0.717, 1.165) is 19.4 Å². The molecule has 0 radical (unpaired) electrons. The summed E-state index contributed by atoms with van der Waals surface area (Å²) in [6.45, 7) is 0. The van der Waals surface area contributed by atoms with Crippen LogP contribution in [-0.2, 0) is 0 Å². The first-order chi connectivity index (χ1) is 6.18. The van der Waals surface area contributed by atoms with Crippen LogP contribution < -0.4 is 5.73 Å². The number of anilines is 1. The third-order valence-electron chi connectivity index (χ3n) is 1.82. The number of aromatic nitrogens is 1. The van der Waals surface area contributed by atoms with E-state index in [1.165, 1.54) is 0 Å². The summed E-state index contributed by atoms with van der Waals surface area (Å²) in [6, 6.07) is 5.68. The summed E-state index contributed by atoms with van der Waals surface area (Å²) in [5.41, 5.74) is 5.67. The summed E-state index contributed by atoms with van der Waals surface area (Å²) in [5.74, 6) is 0.551. The molecule has 0 saturated heterocycles. The largest absolute Gasteiger partial charge is 0.383 e. The Bertz CT molecular complexity index is 465. The number of benzene rings is 1. The molecule has 0 bridgehead atoms. The number of rotatable bonds is 0. The minimum Gasteiger partial charge on any atom is -0.383 e. The van der Waals surface area contributed by atoms with Crippen molar-refractivity contribution in [1.82, 2.24) is 4.98 Å². The summed E-state index contributed by atoms with van der Waals surface area (Å²) in [4.78, 5) is 4.06. The Kier molecular flexibility index (Phi) is 2.29. The fourth-order valence-electron chi connectivity index (χ4n) is 1.16. The highest BCUT2D eigenvalue weighted by Crippen LogP contribution is 2.26. The molecule has 0 fully saturated rings. The smallest absolute Gasteiger partial charge is 0.137 e. The molecule has 0 aliphatic rings. The van der Waals surface area contributed by atoms with Crippen molar-refractivity contribution in [1.29, 1.82) is 0 Å². The Morgan fingerprint density at radius 1 is 1.38 bits per heavy atom. The molecular formula is C9H6ClIN2. The van der Waals surface area contributed by atoms with E-state index in [2.05, 4.69) is 27.6 Å². The van der Waals surface area contributed by atoms with Crippen molar-refractivity contribution in [2.24, 2.45) is 0 Å². The van der Waals surface area contributed by atoms with Gasteiger partial charge < -0.3 is 5.73 Å². The molecule has 1 aromatic heterocycles. The number of nitrogen functional groups attached to an aromatic ring is 1. The molecule has 2 nitrogen and oxygen atoms in total. The van der Waals surface area contributed by atoms with Crippen LogP contribution in [0.2, 0.25) is 5.02 Å². The van der Waals surface area contributed by atoms with Crippen molar-refractivity contribution in [3.63, 3.8) is 0 Å². The van der Waals surface area contributed by atoms with E-state index in [1.807, 2.05) is 18.2 Å². The van der Waals surface area contributed by atoms with E-state index in [0.29, 0.717) is 5.82 Å². The zero-order valence-corrected chi connectivity index (χ0v) is 9.50. The van der Waals surface area contributed by atoms with E-state index in [9.17, 15) is 0 Å². The lowest BCUT2D eigenvalue weighted by molar-refractivity contribution is 1.35. The second-order valence-electron chi connectivity index (χ2n) is 2.69. The molecule has 1 aromatic carbocycles. The van der Waals surface area contributed by atoms with Crippen LogP contribution in [-0.4, -0.2) is 4.98 Å². The van der Waals surface area contributed by atoms with Gasteiger partial charge in [0.05, 0.1) is 3.57 Å². The predicted octanol–water partition coefficient (Wildman–Crippen LogP) is 3.08. The molecule has 0 amide bonds. The number of hydrogen-bond donors (Lipinski definition) is 1. The number of nitrogens with zero attached hydrogens (tertiary/aromatic N) is 1. The van der Waals surface area contributed by atoms with Crippen LogP contribution in [0.1, 0.15) is 0 Å². The maximum atomic E-state index is 5.88. The van der Waals surface area contributed by atoms with Gasteiger partial charge in [-0.15, -0.1) is 0 Å². The zero-order valence-electron chi connectivity index (χ0n) is 6.59. The van der Waals surface area contributed by atoms with Gasteiger partial charge >= 0.3 is 0 Å². The highest BCUT2D eigenvalue weighted by Gasteiger charge is 2.03. The molecule has 66 valence electrons. The molecule has 0 saturated carbocycles. The van der Waals surface area contributed by atoms with E-state index in [4.69, 9.17) is 17.3 Å². The topological polar surface area (TPSA) is 38.9 Å². The Labute approximate surface area is 94.2 Å². The average molecular weight is 305 g/mol. The van der Waals surface area contributed by atoms with Gasteiger partial charge in [0.25, 0.3) is 0 Å². The van der Waals surface area contributed by atoms with Crippen molar-refractivity contribution < 1.29 is 0 Å². The molecule has 13 heavy (non-hydrogen) atoms. The Balaban J connectivity index is 2.89. The molecule has 0 spiro atoms. The molecule has 0 unspecified atom stereocenters. The van der Waals surface area contributed by atoms with E-state index in [-0.39, 0.29) is 0 Å². The second-order valence-corrected chi connectivity index (χ2v) is 4.20. The predicted molar refractivity (Wildman–Crippen MR) is 63.9 cm³/mol. The van der Waals surface area contributed by atoms with Crippen LogP contribution in [0.25, 0.3) is 10.8 Å². The Morgan fingerprint density at radius 2 is 2.15 bits per heavy atom. The Morgan fingerprint density at radius 3 is 2.92 bits per heavy atom. The van der Waals surface area contributed by atoms with Crippen molar-refractivity contribution >= 4 is 50.8 Å². The fourth-order valence-corrected chi connectivity index (χ4v) is 1.94. The molecular weight excluding hydrogens is 298 g/mol. The van der Waals surface area contributed by atoms with Crippen molar-refractivity contribution in [3.05, 3.63) is 33.0 Å². The van der Waals surface area contributed by atoms with Gasteiger partial charge in [0.2, 0.25) is 0 Å². The van der Waals surface area contributed by atoms with Crippen LogP contribution in [0, 0.1) is 3.57 Å². The summed E-state index contributed by atoms with van der Waals surface area (Å²) >= 11 is 8.05. The lowest BCUT2D eigenvalue weighted by atomic mass is 10.2. The first-order valence-corrected chi connectivity index (χ1v) is 5.13. The van der Waals surface area contributed by atoms with Crippen LogP contribution >= 0.6 is 34.2 Å². The van der Waals surface area contributed by atoms with Gasteiger partial charge in [0, 0.05) is 22.0 Å². The summed E-state index contributed by atoms with van der Waals surface area (Å²) in [7, 11) is 0. The summed E-state index contributed by atoms with van der Waals surface area (Å²) in [5, 5.41) is 2.83. The van der Waals surface area contributed by atoms with Crippen LogP contribution in [0.4, 0.5) is 5.82 Å². The maximum Gasteiger partial charge on any atom is 0.137 e. The summed E-state index contributed by atoms with van der Waals surface area (Å²) in [6.07, 6.45) is 1.75. The average Bonchev–Trinajstić information content (AvgIpc) is 2.12. The maximum absolute atomic E-state index is 5.88. The zero-order chi connectivity index (χ0) is 9.42. The SMILES string of the molecule is Nc1ncc2ccc(Cl)cc2c1I. The highest BCUT2D eigenvalue weighted by molar-refractivity contribution is 14.1. The lowest BCUT2D eigenvalue weighted by Crippen LogP contribution is -1.93. The van der Waals surface area contributed by atoms with Gasteiger partial charge in [-0.3, -0.25) is 0 Å². The molecule has 2 aromatic rings. The van der Waals surface area contributed by atoms with Gasteiger partial charge in [-0.1, -0.05) is 17.7 Å². The van der Waals surface area contributed by atoms with Gasteiger partial charge in [-0.05, 0) is 34.7 Å². The van der Waals surface area contributed by atoms with E-state index < -0.39 is 0 Å². The lowest BCUT2D eigenvalue weighted by Gasteiger charge is -2.02. The minimum absolute atomic E-state index is 0.551. The highest BCUT2D eigenvalue weighted by atomic mass is 127. The van der Waals surface area contributed by atoms with Crippen LogP contribution in [0.15, 0.2) is 24.4 Å². The summed E-state index contributed by atoms with van der Waals surface area (Å²) < 4.78 is 0.956. The molecule has 0 atom stereocenters. The molecule has 2 N–H and O–H groups in total. The van der Waals surface area contributed by atoms with Gasteiger partial charge in [-0.25, -0.2) is 4.98 Å². The van der Waals surface area contributed by atoms with Crippen molar-refractivity contribution in [3.8, 4) is 0 Å². The van der Waals surface area contributed by atoms with Crippen LogP contribution in [0.3, 0.4) is 0 Å². The first kappa shape index (κ1) is 9.02. The number of pyridine rings is 1. The standard InChI is InChI=1S/C9H6ClIN2/c10-6-2-1-5-4-13-9(12)8(11)7(5)3-6/h1-4H,(H2,12,13). The number of hydrogen-bond acceptors (Lipinski definition) is 2. The van der Waals surface area contributed by atoms with Gasteiger partial charge in [0.15, 0.2) is 0 Å². The molecule has 0 aliphatic carbocycles. The van der Waals surface area contributed by atoms with E-state index in [1.54, 1.807) is 6.20 Å². The Hall–Kier alpha value is -0.550. The van der Waals surface area contributed by atoms with Crippen molar-refractivity contribution in [2.45, 2.75) is 0 Å². The number of halogens is 2. The van der Waals surface area contributed by atoms with Gasteiger partial charge in [0.1, 0.15) is 5.82 Å². The minimum atomic E-state index is 0.551. The quantitative estimate of drug-likeness (QED) is 0.760. The molecule has 0 aliphatic heterocycles. The monoisotopic (exact) mass is 304 g/mol. The number of fused-ring (bicyclic) bond motifs is 1. The second kappa shape index (κ2) is 3.31.